The van der Waals surface area contributed by atoms with Crippen LogP contribution in [0.3, 0.4) is 0 Å². The zero-order valence-electron chi connectivity index (χ0n) is 34.5. The summed E-state index contributed by atoms with van der Waals surface area (Å²) in [7, 11) is -4.56. The molecule has 5 aliphatic rings. The maximum Gasteiger partial charge on any atom is 0.293 e. The van der Waals surface area contributed by atoms with Gasteiger partial charge in [0.2, 0.25) is 0 Å². The molecule has 2 aliphatic carbocycles. The van der Waals surface area contributed by atoms with Crippen molar-refractivity contribution in [2.24, 2.45) is 5.41 Å². The van der Waals surface area contributed by atoms with Gasteiger partial charge in [0.05, 0.1) is 47.5 Å². The normalized spacial score (nSPS) is 21.8. The predicted octanol–water partition coefficient (Wildman–Crippen LogP) is 7.67. The van der Waals surface area contributed by atoms with Crippen LogP contribution in [-0.2, 0) is 19.5 Å². The van der Waals surface area contributed by atoms with Crippen LogP contribution in [0.4, 0.5) is 17.1 Å². The average molecular weight is 862 g/mol. The Kier molecular flexibility index (Phi) is 10.9. The lowest BCUT2D eigenvalue weighted by Gasteiger charge is -2.56. The van der Waals surface area contributed by atoms with Crippen molar-refractivity contribution in [1.82, 2.24) is 19.6 Å². The van der Waals surface area contributed by atoms with E-state index in [1.807, 2.05) is 12.1 Å². The van der Waals surface area contributed by atoms with Gasteiger partial charge in [-0.3, -0.25) is 19.8 Å². The first kappa shape index (κ1) is 40.5. The van der Waals surface area contributed by atoms with Gasteiger partial charge >= 0.3 is 0 Å². The Morgan fingerprint density at radius 1 is 0.984 bits per heavy atom. The lowest BCUT2D eigenvalue weighted by atomic mass is 9.59. The van der Waals surface area contributed by atoms with Gasteiger partial charge in [0.25, 0.3) is 21.6 Å². The Labute approximate surface area is 360 Å². The van der Waals surface area contributed by atoms with Crippen molar-refractivity contribution in [2.45, 2.75) is 80.4 Å². The van der Waals surface area contributed by atoms with E-state index < -0.39 is 31.4 Å². The number of hydrogen-bond donors (Lipinski definition) is 3. The number of H-pyrrole nitrogens is 1. The van der Waals surface area contributed by atoms with Gasteiger partial charge in [-0.2, -0.15) is 0 Å². The zero-order chi connectivity index (χ0) is 42.4. The van der Waals surface area contributed by atoms with Crippen LogP contribution in [0.2, 0.25) is 0 Å². The van der Waals surface area contributed by atoms with E-state index in [0.29, 0.717) is 48.7 Å². The molecule has 16 heteroatoms. The molecule has 3 N–H and O–H groups in total. The number of hydrogen-bond acceptors (Lipinski definition) is 12. The highest BCUT2D eigenvalue weighted by Crippen LogP contribution is 2.55. The second kappa shape index (κ2) is 16.6. The third-order valence-corrected chi connectivity index (χ3v) is 14.9. The first-order valence-corrected chi connectivity index (χ1v) is 23.2. The largest absolute Gasteiger partial charge is 0.455 e. The Morgan fingerprint density at radius 2 is 1.81 bits per heavy atom. The summed E-state index contributed by atoms with van der Waals surface area (Å²) in [4.78, 5) is 37.5. The first-order chi connectivity index (χ1) is 30.1. The Hall–Kier alpha value is -5.55. The van der Waals surface area contributed by atoms with Crippen LogP contribution in [0.5, 0.6) is 11.5 Å². The van der Waals surface area contributed by atoms with Crippen LogP contribution in [0.15, 0.2) is 90.1 Å². The number of pyridine rings is 1. The number of carbonyl (C=O) groups is 1. The summed E-state index contributed by atoms with van der Waals surface area (Å²) in [5, 5.41) is 15.8. The van der Waals surface area contributed by atoms with Crippen molar-refractivity contribution in [1.29, 1.82) is 0 Å². The Bertz CT molecular complexity index is 2590. The monoisotopic (exact) mass is 861 g/mol. The van der Waals surface area contributed by atoms with Crippen molar-refractivity contribution in [3.63, 3.8) is 0 Å². The number of benzene rings is 3. The SMILES string of the molecule is O=C(NS(=O)(=O)c1ccc(NC[C@H]2COCCO2)c([N+](=O)[O-])c1)c1ccc(N2CCC3(CC2)CC(N2CCC[C@H]2c2ccccc2C2CC2)C3)cc1Oc1cnc2[nH]ccc2c1. The molecule has 3 aromatic carbocycles. The molecule has 0 unspecified atom stereocenters. The van der Waals surface area contributed by atoms with E-state index in [0.717, 1.165) is 49.0 Å². The van der Waals surface area contributed by atoms with E-state index in [-0.39, 0.29) is 29.6 Å². The highest BCUT2D eigenvalue weighted by Gasteiger charge is 2.50. The maximum absolute atomic E-state index is 13.9. The topological polar surface area (TPSA) is 181 Å². The third kappa shape index (κ3) is 8.23. The maximum atomic E-state index is 13.9. The molecule has 2 saturated carbocycles. The van der Waals surface area contributed by atoms with Crippen LogP contribution < -0.4 is 19.7 Å². The number of nitro groups is 1. The number of carbonyl (C=O) groups excluding carboxylic acids is 1. The van der Waals surface area contributed by atoms with Crippen LogP contribution >= 0.6 is 0 Å². The van der Waals surface area contributed by atoms with E-state index in [2.05, 4.69) is 54.1 Å². The Balaban J connectivity index is 0.841. The summed E-state index contributed by atoms with van der Waals surface area (Å²) in [5.41, 5.74) is 4.61. The summed E-state index contributed by atoms with van der Waals surface area (Å²) in [6.45, 7) is 4.31. The molecular weight excluding hydrogens is 811 g/mol. The molecule has 15 nitrogen and oxygen atoms in total. The summed E-state index contributed by atoms with van der Waals surface area (Å²) in [6.07, 6.45) is 12.7. The highest BCUT2D eigenvalue weighted by atomic mass is 32.2. The number of piperidine rings is 1. The molecule has 2 atom stereocenters. The lowest BCUT2D eigenvalue weighted by molar-refractivity contribution is -0.384. The molecule has 10 rings (SSSR count). The second-order valence-electron chi connectivity index (χ2n) is 17.5. The molecule has 5 heterocycles. The minimum absolute atomic E-state index is 0.0206. The third-order valence-electron chi connectivity index (χ3n) is 13.6. The van der Waals surface area contributed by atoms with Crippen LogP contribution in [-0.4, -0.2) is 92.3 Å². The molecule has 1 amide bonds. The molecule has 2 aromatic heterocycles. The van der Waals surface area contributed by atoms with E-state index >= 15 is 0 Å². The molecule has 324 valence electrons. The molecule has 3 aliphatic heterocycles. The molecule has 5 aromatic rings. The van der Waals surface area contributed by atoms with Crippen LogP contribution in [0.1, 0.15) is 84.8 Å². The number of sulfonamides is 1. The lowest BCUT2D eigenvalue weighted by Crippen LogP contribution is -2.54. The van der Waals surface area contributed by atoms with Crippen molar-refractivity contribution in [3.8, 4) is 11.5 Å². The molecule has 5 fully saturated rings. The summed E-state index contributed by atoms with van der Waals surface area (Å²) in [6, 6.07) is 22.6. The van der Waals surface area contributed by atoms with Crippen LogP contribution in [0, 0.1) is 15.5 Å². The number of nitro benzene ring substituents is 1. The molecule has 3 saturated heterocycles. The minimum atomic E-state index is -4.56. The number of anilines is 2. The van der Waals surface area contributed by atoms with Gasteiger partial charge in [0.1, 0.15) is 22.8 Å². The average Bonchev–Trinajstić information content (AvgIpc) is 3.82. The molecule has 0 radical (unpaired) electrons. The smallest absolute Gasteiger partial charge is 0.293 e. The van der Waals surface area contributed by atoms with Gasteiger partial charge in [-0.25, -0.2) is 18.1 Å². The van der Waals surface area contributed by atoms with Crippen molar-refractivity contribution in [2.75, 3.05) is 56.2 Å². The number of ether oxygens (including phenoxy) is 3. The summed E-state index contributed by atoms with van der Waals surface area (Å²) in [5.74, 6) is 0.323. The van der Waals surface area contributed by atoms with Crippen LogP contribution in [0.25, 0.3) is 11.0 Å². The fourth-order valence-corrected chi connectivity index (χ4v) is 11.1. The highest BCUT2D eigenvalue weighted by molar-refractivity contribution is 7.90. The second-order valence-corrected chi connectivity index (χ2v) is 19.2. The van der Waals surface area contributed by atoms with Gasteiger partial charge < -0.3 is 29.4 Å². The number of nitrogens with zero attached hydrogens (tertiary/aromatic N) is 4. The summed E-state index contributed by atoms with van der Waals surface area (Å²) < 4.78 is 46.8. The predicted molar refractivity (Wildman–Crippen MR) is 233 cm³/mol. The number of nitrogens with one attached hydrogen (secondary N) is 3. The van der Waals surface area contributed by atoms with Gasteiger partial charge in [0.15, 0.2) is 0 Å². The number of aromatic amines is 1. The summed E-state index contributed by atoms with van der Waals surface area (Å²) >= 11 is 0. The number of rotatable bonds is 13. The molecule has 62 heavy (non-hydrogen) atoms. The minimum Gasteiger partial charge on any atom is -0.455 e. The standard InChI is InChI=1S/C46H51N7O8S/c54-45(50-62(57,58)36-10-12-40(42(24-36)53(55)56)48-28-35-29-59-20-21-60-35)39-11-9-32(23-43(39)61-34-22-31-13-16-47-44(31)49-27-34)51-18-14-46(15-19-51)25-33(26-46)52-17-3-6-41(52)38-5-2-1-4-37(38)30-7-8-30/h1-2,4-5,9-13,16,22-24,27,30,33,35,41,48H,3,6-8,14-15,17-21,25-26,28-29H2,(H,47,49)(H,50,54)/t35-,41-/m0/s1. The Morgan fingerprint density at radius 3 is 2.58 bits per heavy atom. The van der Waals surface area contributed by atoms with Crippen molar-refractivity contribution in [3.05, 3.63) is 112 Å². The van der Waals surface area contributed by atoms with E-state index in [4.69, 9.17) is 14.2 Å². The van der Waals surface area contributed by atoms with Gasteiger partial charge in [-0.15, -0.1) is 0 Å². The number of fused-ring (bicyclic) bond motifs is 1. The van der Waals surface area contributed by atoms with E-state index in [9.17, 15) is 23.3 Å². The first-order valence-electron chi connectivity index (χ1n) is 21.7. The molecular formula is C46H51N7O8S. The molecule has 1 spiro atoms. The number of likely N-dealkylation sites (tertiary alicyclic amines) is 1. The van der Waals surface area contributed by atoms with E-state index in [1.165, 1.54) is 57.2 Å². The number of amides is 1. The zero-order valence-corrected chi connectivity index (χ0v) is 35.3. The van der Waals surface area contributed by atoms with Gasteiger partial charge in [0, 0.05) is 61.1 Å². The fraction of sp³-hybridized carbons (Fsp3) is 0.435. The fourth-order valence-electron chi connectivity index (χ4n) is 10.1. The van der Waals surface area contributed by atoms with Crippen molar-refractivity contribution >= 4 is 44.0 Å². The molecule has 0 bridgehead atoms. The van der Waals surface area contributed by atoms with Gasteiger partial charge in [-0.1, -0.05) is 24.3 Å². The van der Waals surface area contributed by atoms with Gasteiger partial charge in [-0.05, 0) is 117 Å². The number of aromatic nitrogens is 2. The quantitative estimate of drug-likeness (QED) is 0.0778. The van der Waals surface area contributed by atoms with E-state index in [1.54, 1.807) is 41.7 Å². The van der Waals surface area contributed by atoms with Crippen molar-refractivity contribution < 1.29 is 32.3 Å².